The molecule has 1 unspecified atom stereocenters. The number of thiocarbonyl (C=S) groups is 1. The van der Waals surface area contributed by atoms with Crippen LogP contribution in [0.4, 0.5) is 5.69 Å². The van der Waals surface area contributed by atoms with Crippen LogP contribution in [0.25, 0.3) is 6.08 Å². The molecule has 2 aromatic carbocycles. The number of rotatable bonds is 3. The predicted molar refractivity (Wildman–Crippen MR) is 113 cm³/mol. The average molecular weight is 396 g/mol. The van der Waals surface area contributed by atoms with Crippen LogP contribution < -0.4 is 14.4 Å². The summed E-state index contributed by atoms with van der Waals surface area (Å²) < 4.78 is 11.6. The van der Waals surface area contributed by atoms with Crippen LogP contribution in [0.1, 0.15) is 12.5 Å². The van der Waals surface area contributed by atoms with Crippen LogP contribution in [0.3, 0.4) is 0 Å². The molecule has 2 heterocycles. The van der Waals surface area contributed by atoms with E-state index in [-0.39, 0.29) is 12.0 Å². The van der Waals surface area contributed by atoms with Gasteiger partial charge in [-0.2, -0.15) is 0 Å². The number of nitrogens with zero attached hydrogens (tertiary/aromatic N) is 1. The molecule has 2 aliphatic rings. The third-order valence-corrected chi connectivity index (χ3v) is 5.74. The number of amides is 1. The Labute approximate surface area is 167 Å². The lowest BCUT2D eigenvalue weighted by Gasteiger charge is -2.23. The summed E-state index contributed by atoms with van der Waals surface area (Å²) in [5.74, 6) is 1.46. The Kier molecular flexibility index (Phi) is 4.76. The van der Waals surface area contributed by atoms with Gasteiger partial charge in [-0.3, -0.25) is 9.69 Å². The highest BCUT2D eigenvalue weighted by atomic mass is 32.2. The molecule has 0 aliphatic carbocycles. The maximum Gasteiger partial charge on any atom is 0.270 e. The zero-order valence-corrected chi connectivity index (χ0v) is 16.5. The lowest BCUT2D eigenvalue weighted by atomic mass is 10.0. The molecule has 1 atom stereocenters. The second-order valence-electron chi connectivity index (χ2n) is 6.16. The van der Waals surface area contributed by atoms with Crippen LogP contribution in [0.15, 0.2) is 65.1 Å². The molecule has 2 aromatic rings. The summed E-state index contributed by atoms with van der Waals surface area (Å²) in [5.41, 5.74) is 2.69. The van der Waals surface area contributed by atoms with E-state index in [9.17, 15) is 4.79 Å². The molecule has 1 amide bonds. The Morgan fingerprint density at radius 3 is 2.67 bits per heavy atom. The Morgan fingerprint density at radius 1 is 1.19 bits per heavy atom. The number of anilines is 1. The van der Waals surface area contributed by atoms with Crippen LogP contribution in [-0.2, 0) is 4.79 Å². The maximum absolute atomic E-state index is 12.9. The molecule has 0 N–H and O–H groups in total. The van der Waals surface area contributed by atoms with E-state index in [1.54, 1.807) is 12.0 Å². The lowest BCUT2D eigenvalue weighted by molar-refractivity contribution is -0.113. The summed E-state index contributed by atoms with van der Waals surface area (Å²) in [5, 5.41) is 0. The van der Waals surface area contributed by atoms with Crippen LogP contribution in [-0.4, -0.2) is 23.4 Å². The first-order valence-corrected chi connectivity index (χ1v) is 9.68. The van der Waals surface area contributed by atoms with Gasteiger partial charge in [0.25, 0.3) is 5.91 Å². The minimum atomic E-state index is -0.135. The Hall–Kier alpha value is -2.57. The minimum Gasteiger partial charge on any atom is -0.497 e. The van der Waals surface area contributed by atoms with Crippen molar-refractivity contribution in [2.75, 3.05) is 12.0 Å². The maximum atomic E-state index is 12.9. The van der Waals surface area contributed by atoms with Gasteiger partial charge in [-0.25, -0.2) is 0 Å². The van der Waals surface area contributed by atoms with Crippen LogP contribution in [0, 0.1) is 0 Å². The summed E-state index contributed by atoms with van der Waals surface area (Å²) in [4.78, 5) is 15.1. The number of carbonyl (C=O) groups excluding carboxylic acids is 1. The summed E-state index contributed by atoms with van der Waals surface area (Å²) >= 11 is 6.75. The molecule has 4 nitrogen and oxygen atoms in total. The van der Waals surface area contributed by atoms with Gasteiger partial charge in [-0.05, 0) is 55.0 Å². The summed E-state index contributed by atoms with van der Waals surface area (Å²) in [6.45, 7) is 1.97. The van der Waals surface area contributed by atoms with Gasteiger partial charge in [0.15, 0.2) is 4.32 Å². The standard InChI is InChI=1S/C21H17NO3S2/c1-13-15(11-14-5-3-4-6-18(14)25-13)12-19-20(23)22(21(26)27-19)16-7-9-17(24-2)10-8-16/h3-13H,1-2H3/b19-12-. The van der Waals surface area contributed by atoms with Crippen molar-refractivity contribution in [3.8, 4) is 11.5 Å². The second kappa shape index (κ2) is 7.21. The first-order valence-electron chi connectivity index (χ1n) is 8.46. The number of ether oxygens (including phenoxy) is 2. The van der Waals surface area contributed by atoms with Crippen molar-refractivity contribution in [2.45, 2.75) is 13.0 Å². The van der Waals surface area contributed by atoms with Crippen molar-refractivity contribution in [3.05, 3.63) is 70.6 Å². The topological polar surface area (TPSA) is 38.8 Å². The molecule has 0 spiro atoms. The highest BCUT2D eigenvalue weighted by Crippen LogP contribution is 2.38. The highest BCUT2D eigenvalue weighted by Gasteiger charge is 2.34. The molecule has 6 heteroatoms. The van der Waals surface area contributed by atoms with Gasteiger partial charge in [-0.1, -0.05) is 42.2 Å². The third-order valence-electron chi connectivity index (χ3n) is 4.44. The first-order chi connectivity index (χ1) is 13.1. The minimum absolute atomic E-state index is 0.123. The number of methoxy groups -OCH3 is 1. The van der Waals surface area contributed by atoms with E-state index >= 15 is 0 Å². The molecule has 4 rings (SSSR count). The quantitative estimate of drug-likeness (QED) is 0.551. The van der Waals surface area contributed by atoms with Crippen LogP contribution in [0.2, 0.25) is 0 Å². The van der Waals surface area contributed by atoms with E-state index in [1.165, 1.54) is 11.8 Å². The fourth-order valence-electron chi connectivity index (χ4n) is 2.99. The monoisotopic (exact) mass is 395 g/mol. The Balaban J connectivity index is 1.64. The van der Waals surface area contributed by atoms with E-state index in [1.807, 2.05) is 61.5 Å². The number of carbonyl (C=O) groups is 1. The second-order valence-corrected chi connectivity index (χ2v) is 7.83. The molecule has 136 valence electrons. The van der Waals surface area contributed by atoms with Crippen LogP contribution in [0.5, 0.6) is 11.5 Å². The molecular formula is C21H17NO3S2. The first kappa shape index (κ1) is 17.8. The molecule has 0 aromatic heterocycles. The van der Waals surface area contributed by atoms with E-state index in [0.717, 1.165) is 28.3 Å². The van der Waals surface area contributed by atoms with E-state index in [4.69, 9.17) is 21.7 Å². The summed E-state index contributed by atoms with van der Waals surface area (Å²) in [6, 6.07) is 15.1. The van der Waals surface area contributed by atoms with Gasteiger partial charge >= 0.3 is 0 Å². The van der Waals surface area contributed by atoms with Crippen molar-refractivity contribution in [3.63, 3.8) is 0 Å². The van der Waals surface area contributed by atoms with E-state index in [2.05, 4.69) is 6.08 Å². The number of para-hydroxylation sites is 1. The summed E-state index contributed by atoms with van der Waals surface area (Å²) in [7, 11) is 1.61. The Morgan fingerprint density at radius 2 is 1.93 bits per heavy atom. The fraction of sp³-hybridized carbons (Fsp3) is 0.143. The number of benzene rings is 2. The zero-order valence-electron chi connectivity index (χ0n) is 14.8. The van der Waals surface area contributed by atoms with Gasteiger partial charge in [0, 0.05) is 5.56 Å². The number of hydrogen-bond acceptors (Lipinski definition) is 5. The predicted octanol–water partition coefficient (Wildman–Crippen LogP) is 4.81. The normalized spacial score (nSPS) is 20.4. The molecule has 0 saturated carbocycles. The average Bonchev–Trinajstić information content (AvgIpc) is 2.96. The van der Waals surface area contributed by atoms with Crippen molar-refractivity contribution in [1.82, 2.24) is 0 Å². The van der Waals surface area contributed by atoms with Crippen molar-refractivity contribution in [2.24, 2.45) is 0 Å². The summed E-state index contributed by atoms with van der Waals surface area (Å²) in [6.07, 6.45) is 3.80. The zero-order chi connectivity index (χ0) is 19.0. The van der Waals surface area contributed by atoms with Gasteiger partial charge in [0.1, 0.15) is 17.6 Å². The molecule has 0 bridgehead atoms. The number of fused-ring (bicyclic) bond motifs is 1. The molecule has 1 fully saturated rings. The van der Waals surface area contributed by atoms with Crippen molar-refractivity contribution in [1.29, 1.82) is 0 Å². The fourth-order valence-corrected chi connectivity index (χ4v) is 4.29. The highest BCUT2D eigenvalue weighted by molar-refractivity contribution is 8.27. The van der Waals surface area contributed by atoms with Crippen molar-refractivity contribution < 1.29 is 14.3 Å². The van der Waals surface area contributed by atoms with Crippen molar-refractivity contribution >= 4 is 46.0 Å². The molecule has 1 saturated heterocycles. The Bertz CT molecular complexity index is 979. The van der Waals surface area contributed by atoms with Gasteiger partial charge in [-0.15, -0.1) is 0 Å². The lowest BCUT2D eigenvalue weighted by Crippen LogP contribution is -2.27. The molecular weight excluding hydrogens is 378 g/mol. The van der Waals surface area contributed by atoms with Gasteiger partial charge in [0.05, 0.1) is 17.7 Å². The SMILES string of the molecule is COc1ccc(N2C(=O)/C(=C/C3=Cc4ccccc4OC3C)SC2=S)cc1. The van der Waals surface area contributed by atoms with Crippen LogP contribution >= 0.6 is 24.0 Å². The largest absolute Gasteiger partial charge is 0.497 e. The molecule has 2 aliphatic heterocycles. The molecule has 0 radical (unpaired) electrons. The molecule has 27 heavy (non-hydrogen) atoms. The van der Waals surface area contributed by atoms with Gasteiger partial charge in [0.2, 0.25) is 0 Å². The van der Waals surface area contributed by atoms with E-state index < -0.39 is 0 Å². The van der Waals surface area contributed by atoms with Gasteiger partial charge < -0.3 is 9.47 Å². The smallest absolute Gasteiger partial charge is 0.270 e. The third kappa shape index (κ3) is 3.38. The number of thioether (sulfide) groups is 1. The van der Waals surface area contributed by atoms with E-state index in [0.29, 0.717) is 9.23 Å². The number of hydrogen-bond donors (Lipinski definition) is 0.